The van der Waals surface area contributed by atoms with Gasteiger partial charge < -0.3 is 4.74 Å². The number of unbranched alkanes of at least 4 members (excludes halogenated alkanes) is 1. The second kappa shape index (κ2) is 5.60. The number of carbonyl (C=O) groups excluding carboxylic acids is 1. The molecule has 0 aliphatic rings. The Hall–Kier alpha value is -0.660. The fraction of sp³-hybridized carbons (Fsp3) is 0.889. The molecule has 0 aromatic heterocycles. The third kappa shape index (κ3) is 3.16. The number of nitrogens with zero attached hydrogens (tertiary/aromatic N) is 1. The van der Waals surface area contributed by atoms with E-state index in [4.69, 9.17) is 9.29 Å². The lowest BCUT2D eigenvalue weighted by molar-refractivity contribution is -0.151. The maximum atomic E-state index is 11.6. The fourth-order valence-corrected chi connectivity index (χ4v) is 1.69. The minimum atomic E-state index is -4.55. The molecule has 96 valence electrons. The Morgan fingerprint density at radius 2 is 1.94 bits per heavy atom. The van der Waals surface area contributed by atoms with Crippen LogP contribution in [0.2, 0.25) is 0 Å². The van der Waals surface area contributed by atoms with Gasteiger partial charge in [0.1, 0.15) is 0 Å². The molecular formula is C9H19NO5S. The second-order valence-electron chi connectivity index (χ2n) is 3.84. The van der Waals surface area contributed by atoms with Crippen LogP contribution in [0, 0.1) is 0 Å². The number of hydrogen-bond donors (Lipinski definition) is 1. The van der Waals surface area contributed by atoms with Gasteiger partial charge in [-0.25, -0.2) is 4.79 Å². The van der Waals surface area contributed by atoms with Crippen molar-refractivity contribution in [2.75, 3.05) is 20.7 Å². The first-order chi connectivity index (χ1) is 7.17. The number of likely N-dealkylation sites (N-methyl/N-ethyl adjacent to an activating group) is 1. The number of rotatable bonds is 6. The van der Waals surface area contributed by atoms with Crippen LogP contribution in [-0.4, -0.2) is 49.4 Å². The highest BCUT2D eigenvalue weighted by Crippen LogP contribution is 2.20. The Morgan fingerprint density at radius 1 is 1.44 bits per heavy atom. The van der Waals surface area contributed by atoms with E-state index in [2.05, 4.69) is 0 Å². The van der Waals surface area contributed by atoms with Crippen LogP contribution in [0.3, 0.4) is 0 Å². The van der Waals surface area contributed by atoms with Crippen LogP contribution in [0.5, 0.6) is 0 Å². The van der Waals surface area contributed by atoms with Gasteiger partial charge in [0, 0.05) is 0 Å². The molecule has 16 heavy (non-hydrogen) atoms. The SMILES string of the molecule is CCCCOC(=O)C(C)(N(C)C)S(=O)(=O)O. The molecule has 1 atom stereocenters. The molecule has 0 heterocycles. The molecule has 0 saturated carbocycles. The van der Waals surface area contributed by atoms with E-state index in [0.717, 1.165) is 18.2 Å². The van der Waals surface area contributed by atoms with E-state index < -0.39 is 21.0 Å². The van der Waals surface area contributed by atoms with Crippen molar-refractivity contribution in [3.05, 3.63) is 0 Å². The summed E-state index contributed by atoms with van der Waals surface area (Å²) in [6, 6.07) is 0. The maximum absolute atomic E-state index is 11.6. The van der Waals surface area contributed by atoms with Crippen molar-refractivity contribution >= 4 is 16.1 Å². The van der Waals surface area contributed by atoms with Gasteiger partial charge >= 0.3 is 5.97 Å². The molecule has 0 aromatic carbocycles. The lowest BCUT2D eigenvalue weighted by Gasteiger charge is -2.30. The highest BCUT2D eigenvalue weighted by atomic mass is 32.2. The number of hydrogen-bond acceptors (Lipinski definition) is 5. The first-order valence-electron chi connectivity index (χ1n) is 4.99. The lowest BCUT2D eigenvalue weighted by Crippen LogP contribution is -2.55. The molecule has 1 unspecified atom stereocenters. The predicted octanol–water partition coefficient (Wildman–Crippen LogP) is 0.495. The van der Waals surface area contributed by atoms with Gasteiger partial charge in [-0.05, 0) is 27.4 Å². The van der Waals surface area contributed by atoms with Crippen LogP contribution >= 0.6 is 0 Å². The normalized spacial score (nSPS) is 15.9. The molecule has 0 aliphatic heterocycles. The smallest absolute Gasteiger partial charge is 0.344 e. The zero-order valence-electron chi connectivity index (χ0n) is 10.1. The molecule has 0 saturated heterocycles. The minimum Gasteiger partial charge on any atom is -0.463 e. The van der Waals surface area contributed by atoms with Gasteiger partial charge in [-0.2, -0.15) is 8.42 Å². The van der Waals surface area contributed by atoms with E-state index in [-0.39, 0.29) is 6.61 Å². The van der Waals surface area contributed by atoms with Crippen molar-refractivity contribution in [3.8, 4) is 0 Å². The van der Waals surface area contributed by atoms with Crippen LogP contribution in [-0.2, 0) is 19.6 Å². The van der Waals surface area contributed by atoms with Gasteiger partial charge in [0.15, 0.2) is 0 Å². The van der Waals surface area contributed by atoms with Crippen LogP contribution in [0.4, 0.5) is 0 Å². The number of carbonyl (C=O) groups is 1. The summed E-state index contributed by atoms with van der Waals surface area (Å²) in [6.07, 6.45) is 1.48. The summed E-state index contributed by atoms with van der Waals surface area (Å²) in [7, 11) is -1.78. The zero-order chi connectivity index (χ0) is 13.0. The van der Waals surface area contributed by atoms with Crippen molar-refractivity contribution in [1.82, 2.24) is 4.90 Å². The summed E-state index contributed by atoms with van der Waals surface area (Å²) in [5, 5.41) is 0. The molecule has 0 aliphatic carbocycles. The van der Waals surface area contributed by atoms with E-state index in [9.17, 15) is 13.2 Å². The first-order valence-corrected chi connectivity index (χ1v) is 6.43. The zero-order valence-corrected chi connectivity index (χ0v) is 10.9. The molecule has 0 amide bonds. The average Bonchev–Trinajstić information content (AvgIpc) is 2.14. The fourth-order valence-electron chi connectivity index (χ4n) is 0.962. The highest BCUT2D eigenvalue weighted by Gasteiger charge is 2.49. The van der Waals surface area contributed by atoms with Crippen molar-refractivity contribution in [2.24, 2.45) is 0 Å². The van der Waals surface area contributed by atoms with E-state index in [1.54, 1.807) is 0 Å². The highest BCUT2D eigenvalue weighted by molar-refractivity contribution is 7.88. The Labute approximate surface area is 96.3 Å². The Bertz CT molecular complexity index is 338. The maximum Gasteiger partial charge on any atom is 0.344 e. The third-order valence-electron chi connectivity index (χ3n) is 2.47. The van der Waals surface area contributed by atoms with Gasteiger partial charge in [-0.3, -0.25) is 9.45 Å². The molecule has 1 N–H and O–H groups in total. The molecule has 0 aromatic rings. The van der Waals surface area contributed by atoms with Crippen LogP contribution in [0.1, 0.15) is 26.7 Å². The quantitative estimate of drug-likeness (QED) is 0.421. The second-order valence-corrected chi connectivity index (χ2v) is 5.59. The van der Waals surface area contributed by atoms with Gasteiger partial charge in [0.25, 0.3) is 10.1 Å². The van der Waals surface area contributed by atoms with Gasteiger partial charge in [-0.1, -0.05) is 13.3 Å². The molecular weight excluding hydrogens is 234 g/mol. The van der Waals surface area contributed by atoms with E-state index in [1.165, 1.54) is 14.1 Å². The Balaban J connectivity index is 4.88. The van der Waals surface area contributed by atoms with Crippen LogP contribution in [0.15, 0.2) is 0 Å². The summed E-state index contributed by atoms with van der Waals surface area (Å²) in [5.74, 6) is -0.964. The van der Waals surface area contributed by atoms with Crippen molar-refractivity contribution in [3.63, 3.8) is 0 Å². The van der Waals surface area contributed by atoms with Gasteiger partial charge in [0.05, 0.1) is 6.61 Å². The monoisotopic (exact) mass is 253 g/mol. The minimum absolute atomic E-state index is 0.147. The Kier molecular flexibility index (Phi) is 5.37. The first kappa shape index (κ1) is 15.3. The summed E-state index contributed by atoms with van der Waals surface area (Å²) in [5.41, 5.74) is 0. The van der Waals surface area contributed by atoms with Gasteiger partial charge in [0.2, 0.25) is 4.87 Å². The van der Waals surface area contributed by atoms with E-state index >= 15 is 0 Å². The predicted molar refractivity (Wildman–Crippen MR) is 59.5 cm³/mol. The molecule has 7 heteroatoms. The largest absolute Gasteiger partial charge is 0.463 e. The molecule has 0 rings (SSSR count). The number of ether oxygens (including phenoxy) is 1. The summed E-state index contributed by atoms with van der Waals surface area (Å²) in [6.45, 7) is 3.17. The number of esters is 1. The topological polar surface area (TPSA) is 83.9 Å². The summed E-state index contributed by atoms with van der Waals surface area (Å²) >= 11 is 0. The lowest BCUT2D eigenvalue weighted by atomic mass is 10.3. The van der Waals surface area contributed by atoms with Crippen molar-refractivity contribution in [2.45, 2.75) is 31.6 Å². The van der Waals surface area contributed by atoms with E-state index in [0.29, 0.717) is 6.42 Å². The van der Waals surface area contributed by atoms with Crippen molar-refractivity contribution in [1.29, 1.82) is 0 Å². The summed E-state index contributed by atoms with van der Waals surface area (Å²) < 4.78 is 36.2. The van der Waals surface area contributed by atoms with E-state index in [1.807, 2.05) is 6.92 Å². The molecule has 6 nitrogen and oxygen atoms in total. The standard InChI is InChI=1S/C9H19NO5S/c1-5-6-7-15-8(11)9(2,10(3)4)16(12,13)14/h5-7H2,1-4H3,(H,12,13,14). The van der Waals surface area contributed by atoms with Gasteiger partial charge in [-0.15, -0.1) is 0 Å². The summed E-state index contributed by atoms with van der Waals surface area (Å²) in [4.78, 5) is 10.7. The van der Waals surface area contributed by atoms with Crippen molar-refractivity contribution < 1.29 is 22.5 Å². The van der Waals surface area contributed by atoms with Crippen LogP contribution < -0.4 is 0 Å². The third-order valence-corrected chi connectivity index (χ3v) is 4.00. The molecule has 0 radical (unpaired) electrons. The molecule has 0 spiro atoms. The Morgan fingerprint density at radius 3 is 2.25 bits per heavy atom. The molecule has 0 fully saturated rings. The molecule has 0 bridgehead atoms. The van der Waals surface area contributed by atoms with Crippen LogP contribution in [0.25, 0.3) is 0 Å². The average molecular weight is 253 g/mol.